The zero-order valence-electron chi connectivity index (χ0n) is 16.5. The number of ether oxygens (including phenoxy) is 3. The summed E-state index contributed by atoms with van der Waals surface area (Å²) in [7, 11) is 2.72. The van der Waals surface area contributed by atoms with Crippen molar-refractivity contribution < 1.29 is 33.3 Å². The lowest BCUT2D eigenvalue weighted by molar-refractivity contribution is -0.136. The van der Waals surface area contributed by atoms with Gasteiger partial charge in [-0.1, -0.05) is 6.07 Å². The molecule has 3 rings (SSSR count). The molecule has 0 spiro atoms. The van der Waals surface area contributed by atoms with Gasteiger partial charge < -0.3 is 29.5 Å². The predicted octanol–water partition coefficient (Wildman–Crippen LogP) is 2.30. The lowest BCUT2D eigenvalue weighted by atomic mass is 10.2. The van der Waals surface area contributed by atoms with Crippen LogP contribution in [0.2, 0.25) is 0 Å². The largest absolute Gasteiger partial charge is 0.497 e. The van der Waals surface area contributed by atoms with Crippen LogP contribution in [-0.4, -0.2) is 55.8 Å². The van der Waals surface area contributed by atoms with Gasteiger partial charge in [-0.2, -0.15) is 0 Å². The van der Waals surface area contributed by atoms with Gasteiger partial charge in [-0.05, 0) is 24.3 Å². The molecule has 2 aromatic rings. The van der Waals surface area contributed by atoms with Crippen LogP contribution in [0.15, 0.2) is 53.7 Å². The molecular weight excluding hydrogens is 395 g/mol. The molecule has 8 nitrogen and oxygen atoms in total. The highest BCUT2D eigenvalue weighted by molar-refractivity contribution is 6.08. The first kappa shape index (κ1) is 21.1. The van der Waals surface area contributed by atoms with E-state index in [4.69, 9.17) is 19.3 Å². The molecule has 0 aliphatic carbocycles. The average molecular weight is 416 g/mol. The minimum atomic E-state index is -0.676. The van der Waals surface area contributed by atoms with Crippen LogP contribution in [0.3, 0.4) is 0 Å². The van der Waals surface area contributed by atoms with Gasteiger partial charge in [0, 0.05) is 24.4 Å². The molecule has 1 amide bonds. The molecule has 0 radical (unpaired) electrons. The summed E-state index contributed by atoms with van der Waals surface area (Å²) in [5.41, 5.74) is 0.338. The normalized spacial score (nSPS) is 13.5. The number of anilines is 1. The molecule has 2 aromatic carbocycles. The number of nitrogens with one attached hydrogen (secondary N) is 1. The topological polar surface area (TPSA) is 97.3 Å². The molecule has 1 heterocycles. The van der Waals surface area contributed by atoms with Crippen LogP contribution < -0.4 is 14.8 Å². The van der Waals surface area contributed by atoms with E-state index in [1.807, 2.05) is 0 Å². The monoisotopic (exact) mass is 416 g/mol. The van der Waals surface area contributed by atoms with Crippen LogP contribution in [0.4, 0.5) is 10.1 Å². The van der Waals surface area contributed by atoms with Gasteiger partial charge in [0.05, 0.1) is 32.9 Å². The number of β-amino-alcohol motifs (C(OH)–C–C–N with tert-alkyl or cyclic N) is 1. The Morgan fingerprint density at radius 1 is 1.20 bits per heavy atom. The minimum Gasteiger partial charge on any atom is -0.497 e. The molecule has 0 atom stereocenters. The molecule has 30 heavy (non-hydrogen) atoms. The molecule has 0 unspecified atom stereocenters. The first-order valence-electron chi connectivity index (χ1n) is 9.07. The third-order valence-electron chi connectivity index (χ3n) is 4.42. The molecule has 158 valence electrons. The summed E-state index contributed by atoms with van der Waals surface area (Å²) in [5, 5.41) is 11.9. The smallest absolute Gasteiger partial charge is 0.337 e. The van der Waals surface area contributed by atoms with Crippen molar-refractivity contribution in [2.75, 3.05) is 39.2 Å². The number of rotatable bonds is 8. The van der Waals surface area contributed by atoms with Gasteiger partial charge >= 0.3 is 5.97 Å². The van der Waals surface area contributed by atoms with Crippen LogP contribution >= 0.6 is 0 Å². The number of amides is 1. The van der Waals surface area contributed by atoms with Crippen LogP contribution in [0.25, 0.3) is 0 Å². The fourth-order valence-electron chi connectivity index (χ4n) is 2.95. The van der Waals surface area contributed by atoms with Gasteiger partial charge in [-0.15, -0.1) is 0 Å². The number of benzene rings is 2. The number of carbonyl (C=O) groups excluding carboxylic acids is 2. The van der Waals surface area contributed by atoms with E-state index in [1.165, 1.54) is 31.3 Å². The average Bonchev–Trinajstić information content (AvgIpc) is 3.05. The van der Waals surface area contributed by atoms with E-state index in [9.17, 15) is 14.0 Å². The van der Waals surface area contributed by atoms with Crippen molar-refractivity contribution >= 4 is 17.6 Å². The molecule has 9 heteroatoms. The van der Waals surface area contributed by atoms with E-state index >= 15 is 0 Å². The molecule has 1 aliphatic rings. The van der Waals surface area contributed by atoms with Crippen molar-refractivity contribution in [2.45, 2.75) is 0 Å². The number of aliphatic hydroxyl groups excluding tert-OH is 1. The molecule has 0 saturated carbocycles. The van der Waals surface area contributed by atoms with Gasteiger partial charge in [0.15, 0.2) is 11.6 Å². The summed E-state index contributed by atoms with van der Waals surface area (Å²) in [6, 6.07) is 10.8. The molecule has 0 fully saturated rings. The van der Waals surface area contributed by atoms with E-state index in [-0.39, 0.29) is 42.4 Å². The van der Waals surface area contributed by atoms with Gasteiger partial charge in [-0.25, -0.2) is 9.18 Å². The SMILES string of the molecule is COC(=O)C1=C(Nc2ccc(Oc3cccc(OC)c3)c(F)c2)C(=O)N(CCO)C1. The summed E-state index contributed by atoms with van der Waals surface area (Å²) < 4.78 is 30.0. The quantitative estimate of drug-likeness (QED) is 0.638. The first-order chi connectivity index (χ1) is 14.5. The highest BCUT2D eigenvalue weighted by Gasteiger charge is 2.34. The maximum atomic E-state index is 14.6. The first-order valence-corrected chi connectivity index (χ1v) is 9.07. The van der Waals surface area contributed by atoms with Crippen molar-refractivity contribution in [3.63, 3.8) is 0 Å². The fourth-order valence-corrected chi connectivity index (χ4v) is 2.95. The van der Waals surface area contributed by atoms with E-state index in [0.29, 0.717) is 11.5 Å². The molecule has 0 saturated heterocycles. The number of hydrogen-bond donors (Lipinski definition) is 2. The second-order valence-electron chi connectivity index (χ2n) is 6.35. The second-order valence-corrected chi connectivity index (χ2v) is 6.35. The van der Waals surface area contributed by atoms with Crippen molar-refractivity contribution in [3.05, 3.63) is 59.6 Å². The molecular formula is C21H21FN2O6. The fraction of sp³-hybridized carbons (Fsp3) is 0.238. The Labute approximate surface area is 172 Å². The Morgan fingerprint density at radius 2 is 1.97 bits per heavy atom. The Bertz CT molecular complexity index is 991. The van der Waals surface area contributed by atoms with E-state index in [0.717, 1.165) is 6.07 Å². The van der Waals surface area contributed by atoms with Crippen molar-refractivity contribution in [2.24, 2.45) is 0 Å². The van der Waals surface area contributed by atoms with Crippen molar-refractivity contribution in [3.8, 4) is 17.2 Å². The van der Waals surface area contributed by atoms with Crippen LogP contribution in [0.5, 0.6) is 17.2 Å². The zero-order valence-corrected chi connectivity index (χ0v) is 16.5. The van der Waals surface area contributed by atoms with Gasteiger partial charge in [0.2, 0.25) is 0 Å². The summed E-state index contributed by atoms with van der Waals surface area (Å²) in [6.45, 7) is -0.196. The Balaban J connectivity index is 1.81. The number of methoxy groups -OCH3 is 2. The van der Waals surface area contributed by atoms with Gasteiger partial charge in [0.25, 0.3) is 5.91 Å². The second kappa shape index (κ2) is 9.27. The Morgan fingerprint density at radius 3 is 2.63 bits per heavy atom. The van der Waals surface area contributed by atoms with Gasteiger partial charge in [-0.3, -0.25) is 4.79 Å². The summed E-state index contributed by atoms with van der Waals surface area (Å²) >= 11 is 0. The molecule has 1 aliphatic heterocycles. The maximum absolute atomic E-state index is 14.6. The number of hydrogen-bond acceptors (Lipinski definition) is 7. The number of nitrogens with zero attached hydrogens (tertiary/aromatic N) is 1. The minimum absolute atomic E-state index is 0.00603. The van der Waals surface area contributed by atoms with Crippen LogP contribution in [0.1, 0.15) is 0 Å². The summed E-state index contributed by atoms with van der Waals surface area (Å²) in [5.74, 6) is -0.876. The Hall–Kier alpha value is -3.59. The number of aliphatic hydroxyl groups is 1. The van der Waals surface area contributed by atoms with Gasteiger partial charge in [0.1, 0.15) is 17.2 Å². The predicted molar refractivity (Wildman–Crippen MR) is 106 cm³/mol. The maximum Gasteiger partial charge on any atom is 0.337 e. The Kier molecular flexibility index (Phi) is 6.53. The number of esters is 1. The summed E-state index contributed by atoms with van der Waals surface area (Å²) in [6.07, 6.45) is 0. The highest BCUT2D eigenvalue weighted by atomic mass is 19.1. The van der Waals surface area contributed by atoms with Crippen molar-refractivity contribution in [1.29, 1.82) is 0 Å². The number of halogens is 1. The van der Waals surface area contributed by atoms with E-state index in [2.05, 4.69) is 5.32 Å². The third-order valence-corrected chi connectivity index (χ3v) is 4.42. The van der Waals surface area contributed by atoms with E-state index in [1.54, 1.807) is 24.3 Å². The molecule has 2 N–H and O–H groups in total. The zero-order chi connectivity index (χ0) is 21.7. The lowest BCUT2D eigenvalue weighted by Gasteiger charge is -2.15. The third kappa shape index (κ3) is 4.52. The number of carbonyl (C=O) groups is 2. The van der Waals surface area contributed by atoms with E-state index < -0.39 is 17.7 Å². The van der Waals surface area contributed by atoms with Crippen LogP contribution in [-0.2, 0) is 14.3 Å². The summed E-state index contributed by atoms with van der Waals surface area (Å²) in [4.78, 5) is 25.9. The van der Waals surface area contributed by atoms with Crippen LogP contribution in [0, 0.1) is 5.82 Å². The lowest BCUT2D eigenvalue weighted by Crippen LogP contribution is -2.31. The van der Waals surface area contributed by atoms with Crippen molar-refractivity contribution in [1.82, 2.24) is 4.90 Å². The highest BCUT2D eigenvalue weighted by Crippen LogP contribution is 2.30. The standard InChI is InChI=1S/C21H21FN2O6/c1-28-14-4-3-5-15(11-14)30-18-7-6-13(10-17(18)22)23-19-16(21(27)29-2)12-24(8-9-25)20(19)26/h3-7,10-11,23,25H,8-9,12H2,1-2H3. The molecule has 0 aromatic heterocycles. The molecule has 0 bridgehead atoms.